The molecule has 4 rings (SSSR count). The van der Waals surface area contributed by atoms with Gasteiger partial charge in [-0.25, -0.2) is 4.79 Å². The van der Waals surface area contributed by atoms with E-state index in [0.717, 1.165) is 16.7 Å². The first kappa shape index (κ1) is 24.0. The highest BCUT2D eigenvalue weighted by molar-refractivity contribution is 6.32. The van der Waals surface area contributed by atoms with Crippen molar-refractivity contribution in [2.45, 2.75) is 20.1 Å². The molecule has 1 amide bonds. The van der Waals surface area contributed by atoms with E-state index in [-0.39, 0.29) is 5.91 Å². The van der Waals surface area contributed by atoms with Gasteiger partial charge in [0.1, 0.15) is 12.4 Å². The maximum atomic E-state index is 12.7. The minimum Gasteiger partial charge on any atom is -0.487 e. The summed E-state index contributed by atoms with van der Waals surface area (Å²) in [6, 6.07) is 19.9. The average Bonchev–Trinajstić information content (AvgIpc) is 3.31. The number of ether oxygens (including phenoxy) is 2. The fourth-order valence-electron chi connectivity index (χ4n) is 3.49. The summed E-state index contributed by atoms with van der Waals surface area (Å²) in [5.41, 5.74) is 4.27. The van der Waals surface area contributed by atoms with E-state index in [1.807, 2.05) is 43.3 Å². The summed E-state index contributed by atoms with van der Waals surface area (Å²) in [5.74, 6) is -0.0366. The molecule has 35 heavy (non-hydrogen) atoms. The minimum atomic E-state index is -0.405. The molecule has 0 saturated carbocycles. The monoisotopic (exact) mass is 489 g/mol. The Hall–Kier alpha value is -4.10. The quantitative estimate of drug-likeness (QED) is 0.330. The van der Waals surface area contributed by atoms with E-state index >= 15 is 0 Å². The van der Waals surface area contributed by atoms with Crippen molar-refractivity contribution in [3.63, 3.8) is 0 Å². The minimum absolute atomic E-state index is 0.256. The standard InChI is InChI=1S/C27H24ClN3O4/c1-18-7-12-24(28)25(13-18)35-17-19-8-10-20(11-9-19)26(32)30-22-14-29-31(16-22)15-21-5-3-4-6-23(21)27(33)34-2/h3-14,16H,15,17H2,1-2H3,(H,30,32). The van der Waals surface area contributed by atoms with Crippen molar-refractivity contribution in [1.29, 1.82) is 0 Å². The van der Waals surface area contributed by atoms with Crippen molar-refractivity contribution in [1.82, 2.24) is 9.78 Å². The topological polar surface area (TPSA) is 82.5 Å². The van der Waals surface area contributed by atoms with Gasteiger partial charge in [0, 0.05) is 11.8 Å². The van der Waals surface area contributed by atoms with Crippen LogP contribution in [-0.4, -0.2) is 28.8 Å². The fourth-order valence-corrected chi connectivity index (χ4v) is 3.67. The van der Waals surface area contributed by atoms with Gasteiger partial charge in [0.25, 0.3) is 5.91 Å². The van der Waals surface area contributed by atoms with E-state index in [1.165, 1.54) is 7.11 Å². The Bertz CT molecular complexity index is 1350. The molecule has 0 atom stereocenters. The molecular weight excluding hydrogens is 466 g/mol. The maximum absolute atomic E-state index is 12.7. The average molecular weight is 490 g/mol. The second-order valence-electron chi connectivity index (χ2n) is 7.95. The Morgan fingerprint density at radius 3 is 2.60 bits per heavy atom. The third-order valence-corrected chi connectivity index (χ3v) is 5.66. The summed E-state index contributed by atoms with van der Waals surface area (Å²) in [6.07, 6.45) is 3.27. The molecule has 0 bridgehead atoms. The number of aryl methyl sites for hydroxylation is 1. The van der Waals surface area contributed by atoms with Crippen molar-refractivity contribution in [3.05, 3.63) is 112 Å². The number of nitrogens with zero attached hydrogens (tertiary/aromatic N) is 2. The SMILES string of the molecule is COC(=O)c1ccccc1Cn1cc(NC(=O)c2ccc(COc3cc(C)ccc3Cl)cc2)cn1. The lowest BCUT2D eigenvalue weighted by atomic mass is 10.1. The van der Waals surface area contributed by atoms with E-state index < -0.39 is 5.97 Å². The molecule has 1 N–H and O–H groups in total. The Balaban J connectivity index is 1.36. The van der Waals surface area contributed by atoms with Crippen molar-refractivity contribution in [2.75, 3.05) is 12.4 Å². The van der Waals surface area contributed by atoms with Crippen LogP contribution in [-0.2, 0) is 17.9 Å². The smallest absolute Gasteiger partial charge is 0.338 e. The van der Waals surface area contributed by atoms with Crippen LogP contribution in [0.25, 0.3) is 0 Å². The molecule has 0 unspecified atom stereocenters. The lowest BCUT2D eigenvalue weighted by Crippen LogP contribution is -2.12. The van der Waals surface area contributed by atoms with Gasteiger partial charge in [0.05, 0.1) is 36.1 Å². The van der Waals surface area contributed by atoms with Crippen LogP contribution in [0.1, 0.15) is 37.4 Å². The number of benzene rings is 3. The van der Waals surface area contributed by atoms with E-state index in [0.29, 0.717) is 40.7 Å². The van der Waals surface area contributed by atoms with Crippen molar-refractivity contribution in [2.24, 2.45) is 0 Å². The normalized spacial score (nSPS) is 10.6. The number of carbonyl (C=O) groups is 2. The highest BCUT2D eigenvalue weighted by Crippen LogP contribution is 2.26. The summed E-state index contributed by atoms with van der Waals surface area (Å²) in [7, 11) is 1.35. The van der Waals surface area contributed by atoms with Crippen molar-refractivity contribution >= 4 is 29.2 Å². The van der Waals surface area contributed by atoms with Crippen LogP contribution in [0.5, 0.6) is 5.75 Å². The summed E-state index contributed by atoms with van der Waals surface area (Å²) in [6.45, 7) is 2.67. The summed E-state index contributed by atoms with van der Waals surface area (Å²) >= 11 is 6.18. The zero-order valence-corrected chi connectivity index (χ0v) is 20.1. The first-order chi connectivity index (χ1) is 16.9. The molecule has 178 valence electrons. The number of esters is 1. The van der Waals surface area contributed by atoms with Crippen molar-refractivity contribution < 1.29 is 19.1 Å². The van der Waals surface area contributed by atoms with Gasteiger partial charge < -0.3 is 14.8 Å². The Morgan fingerprint density at radius 2 is 1.83 bits per heavy atom. The second-order valence-corrected chi connectivity index (χ2v) is 8.36. The number of methoxy groups -OCH3 is 1. The van der Waals surface area contributed by atoms with Gasteiger partial charge in [-0.05, 0) is 53.9 Å². The third-order valence-electron chi connectivity index (χ3n) is 5.34. The number of rotatable bonds is 8. The van der Waals surface area contributed by atoms with Gasteiger partial charge in [-0.1, -0.05) is 48.0 Å². The van der Waals surface area contributed by atoms with Crippen LogP contribution in [0, 0.1) is 6.92 Å². The Labute approximate surface area is 208 Å². The third kappa shape index (κ3) is 6.07. The number of nitrogens with one attached hydrogen (secondary N) is 1. The van der Waals surface area contributed by atoms with Crippen LogP contribution in [0.4, 0.5) is 5.69 Å². The molecule has 0 aliphatic heterocycles. The molecule has 8 heteroatoms. The first-order valence-electron chi connectivity index (χ1n) is 10.9. The van der Waals surface area contributed by atoms with E-state index in [2.05, 4.69) is 10.4 Å². The number of carbonyl (C=O) groups excluding carboxylic acids is 2. The van der Waals surface area contributed by atoms with Crippen LogP contribution in [0.2, 0.25) is 5.02 Å². The number of hydrogen-bond donors (Lipinski definition) is 1. The summed E-state index contributed by atoms with van der Waals surface area (Å²) in [4.78, 5) is 24.7. The number of halogens is 1. The van der Waals surface area contributed by atoms with Gasteiger partial charge >= 0.3 is 5.97 Å². The van der Waals surface area contributed by atoms with Gasteiger partial charge in [0.2, 0.25) is 0 Å². The van der Waals surface area contributed by atoms with Gasteiger partial charge in [0.15, 0.2) is 0 Å². The lowest BCUT2D eigenvalue weighted by Gasteiger charge is -2.09. The highest BCUT2D eigenvalue weighted by atomic mass is 35.5. The van der Waals surface area contributed by atoms with Crippen LogP contribution in [0.15, 0.2) is 79.1 Å². The number of aromatic nitrogens is 2. The van der Waals surface area contributed by atoms with Crippen LogP contribution < -0.4 is 10.1 Å². The zero-order chi connectivity index (χ0) is 24.8. The highest BCUT2D eigenvalue weighted by Gasteiger charge is 2.13. The lowest BCUT2D eigenvalue weighted by molar-refractivity contribution is 0.0599. The largest absolute Gasteiger partial charge is 0.487 e. The molecule has 0 radical (unpaired) electrons. The molecule has 4 aromatic rings. The summed E-state index contributed by atoms with van der Waals surface area (Å²) in [5, 5.41) is 7.69. The molecule has 7 nitrogen and oxygen atoms in total. The maximum Gasteiger partial charge on any atom is 0.338 e. The molecule has 1 aromatic heterocycles. The van der Waals surface area contributed by atoms with Gasteiger partial charge in [-0.3, -0.25) is 9.48 Å². The fraction of sp³-hybridized carbons (Fsp3) is 0.148. The molecule has 0 spiro atoms. The first-order valence-corrected chi connectivity index (χ1v) is 11.3. The van der Waals surface area contributed by atoms with Crippen LogP contribution in [0.3, 0.4) is 0 Å². The Morgan fingerprint density at radius 1 is 1.06 bits per heavy atom. The van der Waals surface area contributed by atoms with E-state index in [9.17, 15) is 9.59 Å². The summed E-state index contributed by atoms with van der Waals surface area (Å²) < 4.78 is 12.3. The molecular formula is C27H24ClN3O4. The predicted octanol–water partition coefficient (Wildman–Crippen LogP) is 5.51. The van der Waals surface area contributed by atoms with E-state index in [1.54, 1.807) is 47.4 Å². The zero-order valence-electron chi connectivity index (χ0n) is 19.3. The molecule has 0 aliphatic carbocycles. The van der Waals surface area contributed by atoms with Crippen LogP contribution >= 0.6 is 11.6 Å². The molecule has 0 aliphatic rings. The Kier molecular flexibility index (Phi) is 7.48. The molecule has 1 heterocycles. The number of hydrogen-bond acceptors (Lipinski definition) is 5. The number of anilines is 1. The van der Waals surface area contributed by atoms with Gasteiger partial charge in [-0.2, -0.15) is 5.10 Å². The molecule has 3 aromatic carbocycles. The second kappa shape index (κ2) is 10.9. The number of amides is 1. The molecule has 0 saturated heterocycles. The molecule has 0 fully saturated rings. The van der Waals surface area contributed by atoms with Crippen molar-refractivity contribution in [3.8, 4) is 5.75 Å². The predicted molar refractivity (Wildman–Crippen MR) is 134 cm³/mol. The van der Waals surface area contributed by atoms with E-state index in [4.69, 9.17) is 21.1 Å². The van der Waals surface area contributed by atoms with Gasteiger partial charge in [-0.15, -0.1) is 0 Å².